The topological polar surface area (TPSA) is 29.5 Å². The van der Waals surface area contributed by atoms with Crippen LogP contribution in [0.25, 0.3) is 0 Å². The molecule has 0 spiro atoms. The first-order chi connectivity index (χ1) is 13.6. The number of halogens is 1. The smallest absolute Gasteiger partial charge is 0.308 e. The van der Waals surface area contributed by atoms with E-state index >= 15 is 0 Å². The third kappa shape index (κ3) is 3.83. The van der Waals surface area contributed by atoms with Crippen molar-refractivity contribution >= 4 is 17.6 Å². The summed E-state index contributed by atoms with van der Waals surface area (Å²) in [5.41, 5.74) is 5.56. The zero-order chi connectivity index (χ0) is 19.7. The van der Waals surface area contributed by atoms with E-state index in [1.54, 1.807) is 0 Å². The third-order valence-electron chi connectivity index (χ3n) is 6.57. The van der Waals surface area contributed by atoms with Crippen LogP contribution in [0.2, 0.25) is 5.02 Å². The lowest BCUT2D eigenvalue weighted by atomic mass is 9.90. The molecule has 2 atom stereocenters. The van der Waals surface area contributed by atoms with Gasteiger partial charge in [-0.25, -0.2) is 0 Å². The molecule has 0 bridgehead atoms. The van der Waals surface area contributed by atoms with E-state index in [0.717, 1.165) is 37.4 Å². The van der Waals surface area contributed by atoms with Crippen LogP contribution >= 0.6 is 11.6 Å². The van der Waals surface area contributed by atoms with Crippen molar-refractivity contribution < 1.29 is 9.53 Å². The highest BCUT2D eigenvalue weighted by molar-refractivity contribution is 6.30. The fraction of sp³-hybridized carbons (Fsp3) is 0.458. The van der Waals surface area contributed by atoms with Gasteiger partial charge in [0.2, 0.25) is 0 Å². The van der Waals surface area contributed by atoms with Crippen LogP contribution in [0.4, 0.5) is 0 Å². The molecule has 1 fully saturated rings. The normalized spacial score (nSPS) is 21.3. The molecular weight excluding hydrogens is 370 g/mol. The van der Waals surface area contributed by atoms with Gasteiger partial charge >= 0.3 is 5.97 Å². The van der Waals surface area contributed by atoms with Gasteiger partial charge in [-0.2, -0.15) is 0 Å². The SMILES string of the molecule is COC(=O)C1CCN(C2CCc3cc(C(C)c4cccc(Cl)c4)ccc32)CC1. The lowest BCUT2D eigenvalue weighted by molar-refractivity contribution is -0.147. The van der Waals surface area contributed by atoms with Gasteiger partial charge in [-0.1, -0.05) is 48.9 Å². The quantitative estimate of drug-likeness (QED) is 0.650. The van der Waals surface area contributed by atoms with Gasteiger partial charge in [0.1, 0.15) is 0 Å². The number of likely N-dealkylation sites (tertiary alicyclic amines) is 1. The molecule has 0 N–H and O–H groups in total. The Balaban J connectivity index is 1.47. The molecule has 2 aromatic carbocycles. The van der Waals surface area contributed by atoms with Gasteiger partial charge < -0.3 is 4.74 Å². The summed E-state index contributed by atoms with van der Waals surface area (Å²) in [7, 11) is 1.49. The van der Waals surface area contributed by atoms with Crippen molar-refractivity contribution in [2.24, 2.45) is 5.92 Å². The number of esters is 1. The Hall–Kier alpha value is -1.84. The number of piperidine rings is 1. The molecule has 4 rings (SSSR count). The average Bonchev–Trinajstić information content (AvgIpc) is 3.16. The minimum atomic E-state index is -0.0499. The van der Waals surface area contributed by atoms with Crippen molar-refractivity contribution in [2.75, 3.05) is 20.2 Å². The van der Waals surface area contributed by atoms with Gasteiger partial charge in [-0.15, -0.1) is 0 Å². The number of benzene rings is 2. The molecule has 2 unspecified atom stereocenters. The first kappa shape index (κ1) is 19.5. The molecule has 0 radical (unpaired) electrons. The molecule has 2 aromatic rings. The van der Waals surface area contributed by atoms with Gasteiger partial charge in [-0.05, 0) is 73.2 Å². The van der Waals surface area contributed by atoms with Crippen LogP contribution in [-0.4, -0.2) is 31.1 Å². The van der Waals surface area contributed by atoms with E-state index in [1.165, 1.54) is 35.8 Å². The number of hydrogen-bond acceptors (Lipinski definition) is 3. The monoisotopic (exact) mass is 397 g/mol. The second kappa shape index (κ2) is 8.26. The molecule has 0 amide bonds. The van der Waals surface area contributed by atoms with Crippen molar-refractivity contribution in [3.8, 4) is 0 Å². The van der Waals surface area contributed by atoms with Crippen LogP contribution in [0.1, 0.15) is 60.4 Å². The summed E-state index contributed by atoms with van der Waals surface area (Å²) in [4.78, 5) is 14.3. The van der Waals surface area contributed by atoms with Crippen LogP contribution in [-0.2, 0) is 16.0 Å². The summed E-state index contributed by atoms with van der Waals surface area (Å²) < 4.78 is 4.92. The molecule has 0 saturated carbocycles. The van der Waals surface area contributed by atoms with Crippen molar-refractivity contribution in [3.63, 3.8) is 0 Å². The molecule has 2 aliphatic rings. The second-order valence-electron chi connectivity index (χ2n) is 8.12. The highest BCUT2D eigenvalue weighted by atomic mass is 35.5. The Morgan fingerprint density at radius 2 is 1.86 bits per heavy atom. The maximum atomic E-state index is 11.8. The number of methoxy groups -OCH3 is 1. The number of carbonyl (C=O) groups excluding carboxylic acids is 1. The second-order valence-corrected chi connectivity index (χ2v) is 8.56. The number of nitrogens with zero attached hydrogens (tertiary/aromatic N) is 1. The van der Waals surface area contributed by atoms with E-state index < -0.39 is 0 Å². The van der Waals surface area contributed by atoms with Crippen LogP contribution < -0.4 is 0 Å². The Morgan fingerprint density at radius 3 is 2.57 bits per heavy atom. The Morgan fingerprint density at radius 1 is 1.11 bits per heavy atom. The average molecular weight is 398 g/mol. The molecule has 0 aromatic heterocycles. The van der Waals surface area contributed by atoms with E-state index in [9.17, 15) is 4.79 Å². The van der Waals surface area contributed by atoms with Gasteiger partial charge in [0.05, 0.1) is 13.0 Å². The number of fused-ring (bicyclic) bond motifs is 1. The molecule has 1 aliphatic heterocycles. The van der Waals surface area contributed by atoms with E-state index in [1.807, 2.05) is 12.1 Å². The predicted octanol–water partition coefficient (Wildman–Crippen LogP) is 5.36. The summed E-state index contributed by atoms with van der Waals surface area (Å²) in [5.74, 6) is 0.355. The molecule has 3 nitrogen and oxygen atoms in total. The fourth-order valence-corrected chi connectivity index (χ4v) is 5.04. The standard InChI is InChI=1S/C24H28ClNO2/c1-16(18-4-3-5-21(25)15-18)19-6-8-22-20(14-19)7-9-23(22)26-12-10-17(11-13-26)24(27)28-2/h3-6,8,14-17,23H,7,9-13H2,1-2H3. The van der Waals surface area contributed by atoms with E-state index in [4.69, 9.17) is 16.3 Å². The van der Waals surface area contributed by atoms with E-state index in [0.29, 0.717) is 12.0 Å². The first-order valence-electron chi connectivity index (χ1n) is 10.3. The van der Waals surface area contributed by atoms with Crippen LogP contribution in [0.3, 0.4) is 0 Å². The van der Waals surface area contributed by atoms with Crippen LogP contribution in [0.15, 0.2) is 42.5 Å². The molecule has 1 aliphatic carbocycles. The van der Waals surface area contributed by atoms with Gasteiger partial charge in [-0.3, -0.25) is 9.69 Å². The molecular formula is C24H28ClNO2. The predicted molar refractivity (Wildman–Crippen MR) is 113 cm³/mol. The van der Waals surface area contributed by atoms with E-state index in [2.05, 4.69) is 42.2 Å². The maximum absolute atomic E-state index is 11.8. The van der Waals surface area contributed by atoms with Crippen molar-refractivity contribution in [1.82, 2.24) is 4.90 Å². The number of ether oxygens (including phenoxy) is 1. The zero-order valence-corrected chi connectivity index (χ0v) is 17.4. The van der Waals surface area contributed by atoms with Crippen molar-refractivity contribution in [3.05, 3.63) is 69.7 Å². The third-order valence-corrected chi connectivity index (χ3v) is 6.80. The first-order valence-corrected chi connectivity index (χ1v) is 10.6. The maximum Gasteiger partial charge on any atom is 0.308 e. The summed E-state index contributed by atoms with van der Waals surface area (Å²) in [6.45, 7) is 4.20. The van der Waals surface area contributed by atoms with Crippen LogP contribution in [0.5, 0.6) is 0 Å². The minimum absolute atomic E-state index is 0.0499. The molecule has 1 heterocycles. The molecule has 1 saturated heterocycles. The minimum Gasteiger partial charge on any atom is -0.469 e. The molecule has 148 valence electrons. The molecule has 4 heteroatoms. The summed E-state index contributed by atoms with van der Waals surface area (Å²) in [6, 6.07) is 15.7. The number of aryl methyl sites for hydroxylation is 1. The lowest BCUT2D eigenvalue weighted by Gasteiger charge is -2.35. The van der Waals surface area contributed by atoms with Crippen LogP contribution in [0, 0.1) is 5.92 Å². The fourth-order valence-electron chi connectivity index (χ4n) is 4.85. The Kier molecular flexibility index (Phi) is 5.75. The highest BCUT2D eigenvalue weighted by Gasteiger charge is 2.33. The van der Waals surface area contributed by atoms with Crippen molar-refractivity contribution in [2.45, 2.75) is 44.6 Å². The molecule has 28 heavy (non-hydrogen) atoms. The van der Waals surface area contributed by atoms with Gasteiger partial charge in [0.15, 0.2) is 0 Å². The number of hydrogen-bond donors (Lipinski definition) is 0. The number of carbonyl (C=O) groups is 1. The number of rotatable bonds is 4. The largest absolute Gasteiger partial charge is 0.469 e. The van der Waals surface area contributed by atoms with Crippen molar-refractivity contribution in [1.29, 1.82) is 0 Å². The van der Waals surface area contributed by atoms with Gasteiger partial charge in [0.25, 0.3) is 0 Å². The summed E-state index contributed by atoms with van der Waals surface area (Å²) in [6.07, 6.45) is 4.12. The lowest BCUT2D eigenvalue weighted by Crippen LogP contribution is -2.38. The summed E-state index contributed by atoms with van der Waals surface area (Å²) >= 11 is 6.18. The Labute approximate surface area is 172 Å². The van der Waals surface area contributed by atoms with E-state index in [-0.39, 0.29) is 11.9 Å². The Bertz CT molecular complexity index is 857. The zero-order valence-electron chi connectivity index (χ0n) is 16.7. The van der Waals surface area contributed by atoms with Gasteiger partial charge in [0, 0.05) is 17.0 Å². The highest BCUT2D eigenvalue weighted by Crippen LogP contribution is 2.39. The summed E-state index contributed by atoms with van der Waals surface area (Å²) in [5, 5.41) is 0.793.